The lowest BCUT2D eigenvalue weighted by Gasteiger charge is -2.04. The zero-order valence-electron chi connectivity index (χ0n) is 11.8. The number of nitrogens with one attached hydrogen (secondary N) is 1. The maximum atomic E-state index is 13.4. The maximum absolute atomic E-state index is 13.4. The summed E-state index contributed by atoms with van der Waals surface area (Å²) in [7, 11) is -3.35. The zero-order chi connectivity index (χ0) is 16.2. The van der Waals surface area contributed by atoms with E-state index in [2.05, 4.69) is 4.72 Å². The van der Waals surface area contributed by atoms with Crippen LogP contribution >= 0.6 is 0 Å². The van der Waals surface area contributed by atoms with Gasteiger partial charge in [-0.2, -0.15) is 0 Å². The van der Waals surface area contributed by atoms with E-state index in [1.54, 1.807) is 18.2 Å². The van der Waals surface area contributed by atoms with Crippen molar-refractivity contribution in [3.63, 3.8) is 0 Å². The first-order chi connectivity index (χ1) is 10.3. The molecule has 0 aliphatic heterocycles. The highest BCUT2D eigenvalue weighted by Gasteiger charge is 2.05. The molecule has 0 amide bonds. The van der Waals surface area contributed by atoms with E-state index in [1.165, 1.54) is 42.5 Å². The molecule has 0 fully saturated rings. The molecule has 6 heteroatoms. The quantitative estimate of drug-likeness (QED) is 0.680. The van der Waals surface area contributed by atoms with Crippen molar-refractivity contribution in [3.8, 4) is 0 Å². The van der Waals surface area contributed by atoms with E-state index in [4.69, 9.17) is 0 Å². The Bertz CT molecular complexity index is 812. The highest BCUT2D eigenvalue weighted by molar-refractivity contribution is 7.92. The van der Waals surface area contributed by atoms with E-state index in [-0.39, 0.29) is 5.78 Å². The number of rotatable bonds is 5. The molecule has 0 aliphatic carbocycles. The molecular formula is C16H14FNO3S. The zero-order valence-corrected chi connectivity index (χ0v) is 12.6. The van der Waals surface area contributed by atoms with Crippen LogP contribution in [0.1, 0.15) is 15.9 Å². The average Bonchev–Trinajstić information content (AvgIpc) is 2.45. The summed E-state index contributed by atoms with van der Waals surface area (Å²) in [6.45, 7) is 0. The summed E-state index contributed by atoms with van der Waals surface area (Å²) in [6, 6.07) is 12.1. The standard InChI is InChI=1S/C16H14FNO3S/c1-22(20,21)18-14-9-6-13(7-10-14)16(19)11-8-12-4-2-3-5-15(12)17/h2-11,18H,1H3/b11-8+. The fourth-order valence-corrected chi connectivity index (χ4v) is 2.35. The van der Waals surface area contributed by atoms with Crippen molar-refractivity contribution >= 4 is 27.6 Å². The first-order valence-corrected chi connectivity index (χ1v) is 8.29. The third-order valence-electron chi connectivity index (χ3n) is 2.79. The van der Waals surface area contributed by atoms with Crippen molar-refractivity contribution in [1.29, 1.82) is 0 Å². The Morgan fingerprint density at radius 1 is 1.09 bits per heavy atom. The molecule has 0 unspecified atom stereocenters. The normalized spacial score (nSPS) is 11.5. The van der Waals surface area contributed by atoms with Gasteiger partial charge in [0.2, 0.25) is 10.0 Å². The van der Waals surface area contributed by atoms with Crippen molar-refractivity contribution in [2.45, 2.75) is 0 Å². The van der Waals surface area contributed by atoms with Crippen molar-refractivity contribution in [1.82, 2.24) is 0 Å². The number of allylic oxidation sites excluding steroid dienone is 1. The topological polar surface area (TPSA) is 63.2 Å². The molecule has 2 aromatic rings. The molecule has 0 aliphatic rings. The van der Waals surface area contributed by atoms with Crippen LogP contribution in [-0.4, -0.2) is 20.5 Å². The third kappa shape index (κ3) is 4.53. The Hall–Kier alpha value is -2.47. The minimum absolute atomic E-state index is 0.297. The van der Waals surface area contributed by atoms with Crippen LogP contribution in [0.2, 0.25) is 0 Å². The van der Waals surface area contributed by atoms with E-state index in [9.17, 15) is 17.6 Å². The van der Waals surface area contributed by atoms with Crippen LogP contribution in [0, 0.1) is 5.82 Å². The minimum atomic E-state index is -3.35. The molecule has 0 heterocycles. The van der Waals surface area contributed by atoms with Gasteiger partial charge in [-0.1, -0.05) is 18.2 Å². The first kappa shape index (κ1) is 15.9. The Labute approximate surface area is 128 Å². The number of halogens is 1. The number of hydrogen-bond donors (Lipinski definition) is 1. The minimum Gasteiger partial charge on any atom is -0.289 e. The average molecular weight is 319 g/mol. The number of carbonyl (C=O) groups is 1. The predicted molar refractivity (Wildman–Crippen MR) is 84.7 cm³/mol. The summed E-state index contributed by atoms with van der Waals surface area (Å²) in [5.74, 6) is -0.701. The first-order valence-electron chi connectivity index (χ1n) is 6.40. The largest absolute Gasteiger partial charge is 0.289 e. The van der Waals surface area contributed by atoms with E-state index in [0.717, 1.165) is 6.26 Å². The van der Waals surface area contributed by atoms with Crippen LogP contribution in [0.5, 0.6) is 0 Å². The summed E-state index contributed by atoms with van der Waals surface area (Å²) < 4.78 is 37.9. The second-order valence-electron chi connectivity index (χ2n) is 4.67. The third-order valence-corrected chi connectivity index (χ3v) is 3.40. The van der Waals surface area contributed by atoms with Crippen molar-refractivity contribution in [2.24, 2.45) is 0 Å². The molecule has 22 heavy (non-hydrogen) atoms. The highest BCUT2D eigenvalue weighted by Crippen LogP contribution is 2.13. The van der Waals surface area contributed by atoms with E-state index >= 15 is 0 Å². The van der Waals surface area contributed by atoms with Crippen molar-refractivity contribution in [3.05, 3.63) is 71.6 Å². The maximum Gasteiger partial charge on any atom is 0.229 e. The molecule has 0 spiro atoms. The molecule has 0 saturated heterocycles. The van der Waals surface area contributed by atoms with Gasteiger partial charge in [-0.15, -0.1) is 0 Å². The molecule has 2 rings (SSSR count). The van der Waals surface area contributed by atoms with Crippen molar-refractivity contribution in [2.75, 3.05) is 11.0 Å². The van der Waals surface area contributed by atoms with Crippen molar-refractivity contribution < 1.29 is 17.6 Å². The van der Waals surface area contributed by atoms with Crippen LogP contribution < -0.4 is 4.72 Å². The van der Waals surface area contributed by atoms with Gasteiger partial charge in [-0.3, -0.25) is 9.52 Å². The summed E-state index contributed by atoms with van der Waals surface area (Å²) in [6.07, 6.45) is 3.72. The van der Waals surface area contributed by atoms with Crippen LogP contribution in [0.25, 0.3) is 6.08 Å². The number of carbonyl (C=O) groups excluding carboxylic acids is 1. The van der Waals surface area contributed by atoms with Gasteiger partial charge in [0.1, 0.15) is 5.82 Å². The Kier molecular flexibility index (Phi) is 4.72. The van der Waals surface area contributed by atoms with E-state index in [1.807, 2.05) is 0 Å². The van der Waals surface area contributed by atoms with Crippen LogP contribution in [-0.2, 0) is 10.0 Å². The van der Waals surface area contributed by atoms with E-state index < -0.39 is 15.8 Å². The number of ketones is 1. The molecule has 4 nitrogen and oxygen atoms in total. The lowest BCUT2D eigenvalue weighted by molar-refractivity contribution is 0.104. The highest BCUT2D eigenvalue weighted by atomic mass is 32.2. The van der Waals surface area contributed by atoms with Gasteiger partial charge < -0.3 is 0 Å². The molecule has 0 saturated carbocycles. The van der Waals surface area contributed by atoms with Gasteiger partial charge in [0.25, 0.3) is 0 Å². The number of benzene rings is 2. The Morgan fingerprint density at radius 3 is 2.32 bits per heavy atom. The van der Waals surface area contributed by atoms with Gasteiger partial charge in [-0.25, -0.2) is 12.8 Å². The molecule has 0 atom stereocenters. The molecule has 0 radical (unpaired) electrons. The van der Waals surface area contributed by atoms with Gasteiger partial charge in [-0.05, 0) is 42.5 Å². The van der Waals surface area contributed by atoms with Gasteiger partial charge >= 0.3 is 0 Å². The van der Waals surface area contributed by atoms with Gasteiger partial charge in [0.15, 0.2) is 5.78 Å². The number of sulfonamides is 1. The molecule has 2 aromatic carbocycles. The fraction of sp³-hybridized carbons (Fsp3) is 0.0625. The molecule has 0 bridgehead atoms. The van der Waals surface area contributed by atoms with Gasteiger partial charge in [0, 0.05) is 16.8 Å². The molecule has 114 valence electrons. The van der Waals surface area contributed by atoms with Gasteiger partial charge in [0.05, 0.1) is 6.26 Å². The van der Waals surface area contributed by atoms with E-state index in [0.29, 0.717) is 16.8 Å². The molecule has 1 N–H and O–H groups in total. The SMILES string of the molecule is CS(=O)(=O)Nc1ccc(C(=O)/C=C/c2ccccc2F)cc1. The second kappa shape index (κ2) is 6.53. The fourth-order valence-electron chi connectivity index (χ4n) is 1.79. The summed E-state index contributed by atoms with van der Waals surface area (Å²) in [5.41, 5.74) is 1.08. The second-order valence-corrected chi connectivity index (χ2v) is 6.42. The molecular weight excluding hydrogens is 305 g/mol. The molecule has 0 aromatic heterocycles. The van der Waals surface area contributed by atoms with Crippen LogP contribution in [0.15, 0.2) is 54.6 Å². The Balaban J connectivity index is 2.12. The number of hydrogen-bond acceptors (Lipinski definition) is 3. The van der Waals surface area contributed by atoms with Crippen LogP contribution in [0.3, 0.4) is 0 Å². The number of anilines is 1. The van der Waals surface area contributed by atoms with Crippen LogP contribution in [0.4, 0.5) is 10.1 Å². The summed E-state index contributed by atoms with van der Waals surface area (Å²) >= 11 is 0. The predicted octanol–water partition coefficient (Wildman–Crippen LogP) is 3.09. The lowest BCUT2D eigenvalue weighted by Crippen LogP contribution is -2.09. The summed E-state index contributed by atoms with van der Waals surface area (Å²) in [5, 5.41) is 0. The Morgan fingerprint density at radius 2 is 1.73 bits per heavy atom. The smallest absolute Gasteiger partial charge is 0.229 e. The summed E-state index contributed by atoms with van der Waals surface area (Å²) in [4.78, 5) is 12.0. The monoisotopic (exact) mass is 319 g/mol. The lowest BCUT2D eigenvalue weighted by atomic mass is 10.1.